The van der Waals surface area contributed by atoms with Crippen molar-refractivity contribution in [1.82, 2.24) is 9.80 Å². The van der Waals surface area contributed by atoms with Crippen LogP contribution in [0.2, 0.25) is 0 Å². The molecule has 4 nitrogen and oxygen atoms in total. The molecule has 0 aliphatic rings. The van der Waals surface area contributed by atoms with Gasteiger partial charge in [0.25, 0.3) is 0 Å². The van der Waals surface area contributed by atoms with Gasteiger partial charge in [-0.05, 0) is 54.8 Å². The summed E-state index contributed by atoms with van der Waals surface area (Å²) in [6.07, 6.45) is 0.562. The quantitative estimate of drug-likeness (QED) is 0.709. The molecule has 0 radical (unpaired) electrons. The van der Waals surface area contributed by atoms with Gasteiger partial charge in [-0.3, -0.25) is 0 Å². The highest BCUT2D eigenvalue weighted by molar-refractivity contribution is 5.68. The third-order valence-electron chi connectivity index (χ3n) is 2.57. The summed E-state index contributed by atoms with van der Waals surface area (Å²) >= 11 is 0. The van der Waals surface area contributed by atoms with E-state index in [1.807, 2.05) is 41.8 Å². The summed E-state index contributed by atoms with van der Waals surface area (Å²) < 4.78 is 5.37. The number of carbonyl (C=O) groups is 1. The summed E-state index contributed by atoms with van der Waals surface area (Å²) in [5.41, 5.74) is 0.511. The maximum absolute atomic E-state index is 12.0. The van der Waals surface area contributed by atoms with E-state index < -0.39 is 5.60 Å². The van der Waals surface area contributed by atoms with Crippen LogP contribution in [0.15, 0.2) is 12.2 Å². The first-order valence-corrected chi connectivity index (χ1v) is 6.30. The summed E-state index contributed by atoms with van der Waals surface area (Å²) in [6, 6.07) is 0.0160. The summed E-state index contributed by atoms with van der Waals surface area (Å²) in [6.45, 7) is 12.4. The van der Waals surface area contributed by atoms with Crippen LogP contribution in [0.3, 0.4) is 0 Å². The van der Waals surface area contributed by atoms with Crippen LogP contribution in [0.25, 0.3) is 0 Å². The highest BCUT2D eigenvalue weighted by Gasteiger charge is 2.25. The Balaban J connectivity index is 4.61. The third kappa shape index (κ3) is 6.64. The van der Waals surface area contributed by atoms with Gasteiger partial charge in [-0.25, -0.2) is 4.79 Å². The van der Waals surface area contributed by atoms with E-state index in [9.17, 15) is 4.79 Å². The topological polar surface area (TPSA) is 32.8 Å². The molecule has 0 aromatic carbocycles. The lowest BCUT2D eigenvalue weighted by Gasteiger charge is -2.31. The van der Waals surface area contributed by atoms with Gasteiger partial charge in [0.1, 0.15) is 5.60 Å². The molecule has 0 spiro atoms. The van der Waals surface area contributed by atoms with Gasteiger partial charge in [0, 0.05) is 7.05 Å². The fourth-order valence-corrected chi connectivity index (χ4v) is 1.61. The molecule has 0 saturated carbocycles. The van der Waals surface area contributed by atoms with E-state index in [1.54, 1.807) is 11.9 Å². The second-order valence-corrected chi connectivity index (χ2v) is 6.05. The van der Waals surface area contributed by atoms with Crippen LogP contribution in [-0.2, 0) is 4.74 Å². The lowest BCUT2D eigenvalue weighted by Crippen LogP contribution is -2.42. The Hall–Kier alpha value is -1.03. The first-order chi connectivity index (χ1) is 8.04. The molecule has 106 valence electrons. The van der Waals surface area contributed by atoms with E-state index in [2.05, 4.69) is 11.5 Å². The van der Waals surface area contributed by atoms with Gasteiger partial charge in [0.15, 0.2) is 0 Å². The van der Waals surface area contributed by atoms with Crippen molar-refractivity contribution in [3.63, 3.8) is 0 Å². The lowest BCUT2D eigenvalue weighted by atomic mass is 10.1. The molecule has 1 amide bonds. The zero-order valence-electron chi connectivity index (χ0n) is 12.9. The molecule has 0 aliphatic carbocycles. The van der Waals surface area contributed by atoms with Crippen molar-refractivity contribution in [2.24, 2.45) is 0 Å². The molecule has 18 heavy (non-hydrogen) atoms. The van der Waals surface area contributed by atoms with Crippen LogP contribution in [0, 0.1) is 0 Å². The predicted molar refractivity (Wildman–Crippen MR) is 75.8 cm³/mol. The molecule has 0 heterocycles. The molecule has 0 bridgehead atoms. The monoisotopic (exact) mass is 256 g/mol. The number of hydrogen-bond acceptors (Lipinski definition) is 3. The Kier molecular flexibility index (Phi) is 6.39. The van der Waals surface area contributed by atoms with Crippen molar-refractivity contribution in [2.45, 2.75) is 45.8 Å². The van der Waals surface area contributed by atoms with Crippen molar-refractivity contribution in [3.8, 4) is 0 Å². The number of likely N-dealkylation sites (N-methyl/N-ethyl adjacent to an activating group) is 1. The van der Waals surface area contributed by atoms with Crippen molar-refractivity contribution in [2.75, 3.05) is 27.7 Å². The Morgan fingerprint density at radius 1 is 1.28 bits per heavy atom. The van der Waals surface area contributed by atoms with E-state index in [4.69, 9.17) is 4.74 Å². The first-order valence-electron chi connectivity index (χ1n) is 6.30. The average molecular weight is 256 g/mol. The van der Waals surface area contributed by atoms with Crippen LogP contribution in [0.4, 0.5) is 4.79 Å². The van der Waals surface area contributed by atoms with E-state index in [0.717, 1.165) is 18.5 Å². The number of amides is 1. The maximum atomic E-state index is 12.0. The van der Waals surface area contributed by atoms with Crippen molar-refractivity contribution >= 4 is 6.09 Å². The summed E-state index contributed by atoms with van der Waals surface area (Å²) in [7, 11) is 5.80. The largest absolute Gasteiger partial charge is 0.444 e. The molecule has 1 unspecified atom stereocenters. The highest BCUT2D eigenvalue weighted by atomic mass is 16.6. The number of nitrogens with zero attached hydrogens (tertiary/aromatic N) is 2. The molecule has 0 aromatic heterocycles. The third-order valence-corrected chi connectivity index (χ3v) is 2.57. The fraction of sp³-hybridized carbons (Fsp3) is 0.786. The molecule has 0 aliphatic heterocycles. The van der Waals surface area contributed by atoms with Gasteiger partial charge in [-0.15, -0.1) is 0 Å². The Morgan fingerprint density at radius 3 is 2.11 bits per heavy atom. The van der Waals surface area contributed by atoms with Gasteiger partial charge < -0.3 is 14.5 Å². The lowest BCUT2D eigenvalue weighted by molar-refractivity contribution is 0.0238. The number of ether oxygens (including phenoxy) is 1. The van der Waals surface area contributed by atoms with Crippen molar-refractivity contribution in [1.29, 1.82) is 0 Å². The molecule has 0 saturated heterocycles. The first kappa shape index (κ1) is 17.0. The smallest absolute Gasteiger partial charge is 0.410 e. The second-order valence-electron chi connectivity index (χ2n) is 6.05. The summed E-state index contributed by atoms with van der Waals surface area (Å²) in [4.78, 5) is 15.7. The Morgan fingerprint density at radius 2 is 1.78 bits per heavy atom. The van der Waals surface area contributed by atoms with Gasteiger partial charge in [-0.1, -0.05) is 12.2 Å². The van der Waals surface area contributed by atoms with Crippen molar-refractivity contribution < 1.29 is 9.53 Å². The van der Waals surface area contributed by atoms with E-state index in [0.29, 0.717) is 0 Å². The predicted octanol–water partition coefficient (Wildman–Crippen LogP) is 2.75. The van der Waals surface area contributed by atoms with E-state index in [-0.39, 0.29) is 12.1 Å². The number of hydrogen-bond donors (Lipinski definition) is 0. The maximum Gasteiger partial charge on any atom is 0.410 e. The minimum atomic E-state index is -0.466. The van der Waals surface area contributed by atoms with E-state index in [1.165, 1.54) is 0 Å². The summed E-state index contributed by atoms with van der Waals surface area (Å²) in [5, 5.41) is 0. The molecule has 0 N–H and O–H groups in total. The van der Waals surface area contributed by atoms with Crippen LogP contribution >= 0.6 is 0 Å². The Labute approximate surface area is 112 Å². The molecule has 1 atom stereocenters. The molecule has 0 aromatic rings. The van der Waals surface area contributed by atoms with E-state index >= 15 is 0 Å². The number of rotatable bonds is 5. The Bertz CT molecular complexity index is 293. The number of carbonyl (C=O) groups excluding carboxylic acids is 1. The molecule has 4 heteroatoms. The average Bonchev–Trinajstić information content (AvgIpc) is 2.13. The molecular formula is C14H28N2O2. The van der Waals surface area contributed by atoms with Crippen LogP contribution in [0.5, 0.6) is 0 Å². The van der Waals surface area contributed by atoms with Crippen molar-refractivity contribution in [3.05, 3.63) is 12.2 Å². The van der Waals surface area contributed by atoms with Crippen LogP contribution in [-0.4, -0.2) is 55.2 Å². The normalized spacial score (nSPS) is 13.3. The summed E-state index contributed by atoms with van der Waals surface area (Å²) in [5.74, 6) is 0. The van der Waals surface area contributed by atoms with Crippen LogP contribution in [0.1, 0.15) is 34.1 Å². The zero-order valence-corrected chi connectivity index (χ0v) is 12.9. The molecule has 0 rings (SSSR count). The zero-order chi connectivity index (χ0) is 14.5. The van der Waals surface area contributed by atoms with Gasteiger partial charge in [0.2, 0.25) is 0 Å². The van der Waals surface area contributed by atoms with Gasteiger partial charge >= 0.3 is 6.09 Å². The second kappa shape index (κ2) is 6.78. The fourth-order valence-electron chi connectivity index (χ4n) is 1.61. The highest BCUT2D eigenvalue weighted by Crippen LogP contribution is 2.16. The SMILES string of the molecule is C=C(C)C(CCN(C)C)N(C)C(=O)OC(C)(C)C. The van der Waals surface area contributed by atoms with Gasteiger partial charge in [0.05, 0.1) is 6.04 Å². The molecule has 0 fully saturated rings. The minimum absolute atomic E-state index is 0.0160. The van der Waals surface area contributed by atoms with Gasteiger partial charge in [-0.2, -0.15) is 0 Å². The standard InChI is InChI=1S/C14H28N2O2/c1-11(2)12(9-10-15(6)7)16(8)13(17)18-14(3,4)5/h12H,1,9-10H2,2-8H3. The molecular weight excluding hydrogens is 228 g/mol. The van der Waals surface area contributed by atoms with Crippen LogP contribution < -0.4 is 0 Å². The minimum Gasteiger partial charge on any atom is -0.444 e.